The molecule has 3 aliphatic rings. The third-order valence-electron chi connectivity index (χ3n) is 7.11. The zero-order chi connectivity index (χ0) is 19.1. The summed E-state index contributed by atoms with van der Waals surface area (Å²) in [5.74, 6) is 2.80. The van der Waals surface area contributed by atoms with Crippen molar-refractivity contribution < 1.29 is 14.3 Å². The maximum Gasteiger partial charge on any atom is 0.408 e. The highest BCUT2D eigenvalue weighted by Gasteiger charge is 2.36. The van der Waals surface area contributed by atoms with E-state index in [2.05, 4.69) is 41.7 Å². The largest absolute Gasteiger partial charge is 0.490 e. The summed E-state index contributed by atoms with van der Waals surface area (Å²) in [5.41, 5.74) is 0.606. The van der Waals surface area contributed by atoms with Crippen molar-refractivity contribution in [2.75, 3.05) is 6.61 Å². The van der Waals surface area contributed by atoms with Gasteiger partial charge in [0.15, 0.2) is 0 Å². The first-order valence-electron chi connectivity index (χ1n) is 10.7. The second kappa shape index (κ2) is 6.98. The molecule has 148 valence electrons. The van der Waals surface area contributed by atoms with Crippen LogP contribution in [-0.2, 0) is 10.3 Å². The number of cyclic esters (lactones) is 1. The Balaban J connectivity index is 1.31. The SMILES string of the molecule is C[C@@]1(c2ccc3cc(OC4CCC5CCCCC5C4)ccc3c2)COC(=O)N1. The van der Waals surface area contributed by atoms with E-state index in [1.54, 1.807) is 0 Å². The molecule has 2 saturated carbocycles. The van der Waals surface area contributed by atoms with Gasteiger partial charge in [0.25, 0.3) is 0 Å². The second-order valence-electron chi connectivity index (χ2n) is 9.11. The van der Waals surface area contributed by atoms with Gasteiger partial charge in [-0.05, 0) is 72.6 Å². The van der Waals surface area contributed by atoms with E-state index in [4.69, 9.17) is 9.47 Å². The van der Waals surface area contributed by atoms with Crippen molar-refractivity contribution in [1.29, 1.82) is 0 Å². The number of fused-ring (bicyclic) bond motifs is 2. The zero-order valence-electron chi connectivity index (χ0n) is 16.6. The molecule has 2 aromatic rings. The lowest BCUT2D eigenvalue weighted by Crippen LogP contribution is -2.37. The number of nitrogens with one attached hydrogen (secondary N) is 1. The Morgan fingerprint density at radius 1 is 1.00 bits per heavy atom. The first kappa shape index (κ1) is 17.8. The first-order chi connectivity index (χ1) is 13.6. The molecule has 1 saturated heterocycles. The van der Waals surface area contributed by atoms with Gasteiger partial charge in [0.1, 0.15) is 12.4 Å². The Labute approximate surface area is 166 Å². The highest BCUT2D eigenvalue weighted by Crippen LogP contribution is 2.41. The van der Waals surface area contributed by atoms with E-state index >= 15 is 0 Å². The Bertz CT molecular complexity index is 895. The third kappa shape index (κ3) is 3.34. The Morgan fingerprint density at radius 2 is 1.79 bits per heavy atom. The normalized spacial score (nSPS) is 32.5. The first-order valence-corrected chi connectivity index (χ1v) is 10.7. The Kier molecular flexibility index (Phi) is 4.45. The van der Waals surface area contributed by atoms with Crippen LogP contribution in [-0.4, -0.2) is 18.8 Å². The molecule has 0 radical (unpaired) electrons. The summed E-state index contributed by atoms with van der Waals surface area (Å²) in [7, 11) is 0. The van der Waals surface area contributed by atoms with Crippen LogP contribution in [0.4, 0.5) is 4.79 Å². The van der Waals surface area contributed by atoms with Crippen molar-refractivity contribution in [3.63, 3.8) is 0 Å². The minimum atomic E-state index is -0.459. The van der Waals surface area contributed by atoms with Crippen molar-refractivity contribution in [3.05, 3.63) is 42.0 Å². The van der Waals surface area contributed by atoms with Crippen LogP contribution in [0.2, 0.25) is 0 Å². The minimum absolute atomic E-state index is 0.348. The molecule has 3 fully saturated rings. The van der Waals surface area contributed by atoms with E-state index in [0.29, 0.717) is 12.7 Å². The molecule has 2 aliphatic carbocycles. The molecule has 1 N–H and O–H groups in total. The molecule has 4 nitrogen and oxygen atoms in total. The number of ether oxygens (including phenoxy) is 2. The van der Waals surface area contributed by atoms with Crippen LogP contribution < -0.4 is 10.1 Å². The van der Waals surface area contributed by atoms with E-state index in [0.717, 1.165) is 28.5 Å². The monoisotopic (exact) mass is 379 g/mol. The maximum absolute atomic E-state index is 11.5. The maximum atomic E-state index is 11.5. The summed E-state index contributed by atoms with van der Waals surface area (Å²) < 4.78 is 11.5. The van der Waals surface area contributed by atoms with E-state index in [1.807, 2.05) is 6.92 Å². The Hall–Kier alpha value is -2.23. The van der Waals surface area contributed by atoms with Crippen LogP contribution in [0.5, 0.6) is 5.75 Å². The molecule has 1 aliphatic heterocycles. The highest BCUT2D eigenvalue weighted by molar-refractivity contribution is 5.85. The molecular formula is C24H29NO3. The van der Waals surface area contributed by atoms with Gasteiger partial charge in [-0.3, -0.25) is 0 Å². The van der Waals surface area contributed by atoms with Crippen LogP contribution in [0.3, 0.4) is 0 Å². The average Bonchev–Trinajstić information content (AvgIpc) is 3.07. The smallest absolute Gasteiger partial charge is 0.408 e. The summed E-state index contributed by atoms with van der Waals surface area (Å²) in [6, 6.07) is 12.7. The van der Waals surface area contributed by atoms with Crippen LogP contribution >= 0.6 is 0 Å². The molecule has 4 atom stereocenters. The molecule has 1 amide bonds. The second-order valence-corrected chi connectivity index (χ2v) is 9.11. The van der Waals surface area contributed by atoms with Gasteiger partial charge in [0.05, 0.1) is 11.6 Å². The van der Waals surface area contributed by atoms with Gasteiger partial charge >= 0.3 is 6.09 Å². The van der Waals surface area contributed by atoms with Crippen molar-refractivity contribution >= 4 is 16.9 Å². The molecule has 0 bridgehead atoms. The fourth-order valence-corrected chi connectivity index (χ4v) is 5.43. The lowest BCUT2D eigenvalue weighted by molar-refractivity contribution is 0.0648. The molecule has 5 rings (SSSR count). The molecule has 0 aromatic heterocycles. The van der Waals surface area contributed by atoms with Gasteiger partial charge in [0.2, 0.25) is 0 Å². The fraction of sp³-hybridized carbons (Fsp3) is 0.542. The van der Waals surface area contributed by atoms with Crippen LogP contribution in [0.1, 0.15) is 57.4 Å². The lowest BCUT2D eigenvalue weighted by atomic mass is 9.70. The number of alkyl carbamates (subject to hydrolysis) is 1. The summed E-state index contributed by atoms with van der Waals surface area (Å²) in [5, 5.41) is 5.24. The Morgan fingerprint density at radius 3 is 2.61 bits per heavy atom. The number of carbonyl (C=O) groups excluding carboxylic acids is 1. The highest BCUT2D eigenvalue weighted by atomic mass is 16.6. The predicted octanol–water partition coefficient (Wildman–Crippen LogP) is 5.53. The van der Waals surface area contributed by atoms with Gasteiger partial charge in [-0.15, -0.1) is 0 Å². The van der Waals surface area contributed by atoms with E-state index in [1.165, 1.54) is 50.3 Å². The fourth-order valence-electron chi connectivity index (χ4n) is 5.43. The average molecular weight is 380 g/mol. The van der Waals surface area contributed by atoms with Gasteiger partial charge in [-0.25, -0.2) is 4.79 Å². The molecular weight excluding hydrogens is 350 g/mol. The number of hydrogen-bond donors (Lipinski definition) is 1. The lowest BCUT2D eigenvalue weighted by Gasteiger charge is -2.39. The minimum Gasteiger partial charge on any atom is -0.490 e. The van der Waals surface area contributed by atoms with Crippen LogP contribution in [0, 0.1) is 11.8 Å². The number of hydrogen-bond acceptors (Lipinski definition) is 3. The summed E-state index contributed by atoms with van der Waals surface area (Å²) in [6.07, 6.45) is 9.41. The van der Waals surface area contributed by atoms with Gasteiger partial charge in [-0.2, -0.15) is 0 Å². The topological polar surface area (TPSA) is 47.6 Å². The number of amides is 1. The zero-order valence-corrected chi connectivity index (χ0v) is 16.6. The third-order valence-corrected chi connectivity index (χ3v) is 7.11. The van der Waals surface area contributed by atoms with E-state index in [9.17, 15) is 4.79 Å². The van der Waals surface area contributed by atoms with Gasteiger partial charge < -0.3 is 14.8 Å². The molecule has 2 aromatic carbocycles. The summed E-state index contributed by atoms with van der Waals surface area (Å²) in [6.45, 7) is 2.36. The number of benzene rings is 2. The summed E-state index contributed by atoms with van der Waals surface area (Å²) in [4.78, 5) is 11.5. The van der Waals surface area contributed by atoms with Crippen molar-refractivity contribution in [2.24, 2.45) is 11.8 Å². The number of rotatable bonds is 3. The molecule has 1 heterocycles. The van der Waals surface area contributed by atoms with Gasteiger partial charge in [-0.1, -0.05) is 43.9 Å². The van der Waals surface area contributed by atoms with E-state index < -0.39 is 5.54 Å². The molecule has 28 heavy (non-hydrogen) atoms. The van der Waals surface area contributed by atoms with Crippen molar-refractivity contribution in [3.8, 4) is 5.75 Å². The van der Waals surface area contributed by atoms with Crippen molar-refractivity contribution in [1.82, 2.24) is 5.32 Å². The molecule has 0 spiro atoms. The standard InChI is InChI=1S/C24H29NO3/c1-24(15-27-23(26)25-24)20-9-6-19-14-22(11-8-18(19)12-20)28-21-10-7-16-4-2-3-5-17(16)13-21/h6,8-9,11-12,14,16-17,21H,2-5,7,10,13,15H2,1H3,(H,25,26)/t16?,17?,21?,24-/m0/s1. The predicted molar refractivity (Wildman–Crippen MR) is 109 cm³/mol. The van der Waals surface area contributed by atoms with Crippen LogP contribution in [0.15, 0.2) is 36.4 Å². The molecule has 4 heteroatoms. The summed E-state index contributed by atoms with van der Waals surface area (Å²) >= 11 is 0. The number of carbonyl (C=O) groups is 1. The molecule has 3 unspecified atom stereocenters. The quantitative estimate of drug-likeness (QED) is 0.762. The van der Waals surface area contributed by atoms with Crippen molar-refractivity contribution in [2.45, 2.75) is 63.5 Å². The van der Waals surface area contributed by atoms with Gasteiger partial charge in [0, 0.05) is 0 Å². The van der Waals surface area contributed by atoms with Crippen LogP contribution in [0.25, 0.3) is 10.8 Å². The van der Waals surface area contributed by atoms with E-state index in [-0.39, 0.29) is 6.09 Å².